The first-order chi connectivity index (χ1) is 16.9. The monoisotopic (exact) mass is 491 g/mol. The van der Waals surface area contributed by atoms with Gasteiger partial charge >= 0.3 is 12.1 Å². The predicted molar refractivity (Wildman–Crippen MR) is 132 cm³/mol. The van der Waals surface area contributed by atoms with Gasteiger partial charge in [0.2, 0.25) is 0 Å². The summed E-state index contributed by atoms with van der Waals surface area (Å²) in [5.41, 5.74) is 3.67. The molecule has 3 aromatic rings. The molecule has 0 bridgehead atoms. The lowest BCUT2D eigenvalue weighted by Crippen LogP contribution is -2.47. The molecule has 2 atom stereocenters. The Bertz CT molecular complexity index is 1260. The highest BCUT2D eigenvalue weighted by molar-refractivity contribution is 7.14. The topological polar surface area (TPSA) is 118 Å². The number of nitrogens with zero attached hydrogens (tertiary/aromatic N) is 1. The fraction of sp³-hybridized carbons (Fsp3) is 0.308. The first kappa shape index (κ1) is 23.0. The first-order valence-corrected chi connectivity index (χ1v) is 12.4. The van der Waals surface area contributed by atoms with E-state index in [0.29, 0.717) is 12.8 Å². The summed E-state index contributed by atoms with van der Waals surface area (Å²) in [5.74, 6) is -1.43. The molecule has 1 saturated carbocycles. The Balaban J connectivity index is 1.20. The molecule has 5 rings (SSSR count). The van der Waals surface area contributed by atoms with E-state index < -0.39 is 29.4 Å². The van der Waals surface area contributed by atoms with Crippen LogP contribution in [0.3, 0.4) is 0 Å². The number of thiazole rings is 1. The minimum atomic E-state index is -0.992. The van der Waals surface area contributed by atoms with Crippen molar-refractivity contribution in [2.24, 2.45) is 5.41 Å². The van der Waals surface area contributed by atoms with E-state index >= 15 is 0 Å². The number of carboxylic acid groups (broad SMARTS) is 1. The Kier molecular flexibility index (Phi) is 6.02. The van der Waals surface area contributed by atoms with Crippen LogP contribution in [0.5, 0.6) is 0 Å². The van der Waals surface area contributed by atoms with Gasteiger partial charge in [0, 0.05) is 17.3 Å². The lowest BCUT2D eigenvalue weighted by Gasteiger charge is -2.27. The number of aromatic nitrogens is 1. The van der Waals surface area contributed by atoms with Crippen molar-refractivity contribution >= 4 is 34.4 Å². The molecule has 180 valence electrons. The molecule has 2 amide bonds. The number of rotatable bonds is 6. The molecule has 2 unspecified atom stereocenters. The number of hydrogen-bond donors (Lipinski definition) is 3. The zero-order valence-corrected chi connectivity index (χ0v) is 19.9. The van der Waals surface area contributed by atoms with Gasteiger partial charge in [-0.2, -0.15) is 0 Å². The standard InChI is InChI=1S/C26H25N3O5S/c1-26(23(31)32)12-6-11-21(26)28-22(30)20-14-35-24(27-20)29-25(33)34-13-19-17-9-4-2-7-15(17)16-8-3-5-10-18(16)19/h2-5,7-10,14,19,21H,6,11-13H2,1H3,(H,28,30)(H,31,32)(H,27,29,33). The summed E-state index contributed by atoms with van der Waals surface area (Å²) in [5, 5.41) is 16.7. The second-order valence-corrected chi connectivity index (χ2v) is 9.99. The van der Waals surface area contributed by atoms with Crippen molar-refractivity contribution in [3.05, 3.63) is 70.7 Å². The Morgan fingerprint density at radius 2 is 1.77 bits per heavy atom. The number of ether oxygens (including phenoxy) is 1. The van der Waals surface area contributed by atoms with Crippen LogP contribution in [0.2, 0.25) is 0 Å². The van der Waals surface area contributed by atoms with E-state index in [1.54, 1.807) is 6.92 Å². The third-order valence-corrected chi connectivity index (χ3v) is 7.80. The summed E-state index contributed by atoms with van der Waals surface area (Å²) in [7, 11) is 0. The number of aliphatic carboxylic acids is 1. The zero-order chi connectivity index (χ0) is 24.6. The maximum absolute atomic E-state index is 12.6. The summed E-state index contributed by atoms with van der Waals surface area (Å²) in [6, 6.07) is 15.7. The van der Waals surface area contributed by atoms with E-state index in [4.69, 9.17) is 4.74 Å². The number of amides is 2. The Morgan fingerprint density at radius 1 is 1.11 bits per heavy atom. The molecule has 8 nitrogen and oxygen atoms in total. The molecule has 2 aliphatic rings. The molecule has 0 spiro atoms. The van der Waals surface area contributed by atoms with Crippen molar-refractivity contribution in [2.45, 2.75) is 38.1 Å². The van der Waals surface area contributed by atoms with Crippen LogP contribution in [-0.2, 0) is 9.53 Å². The molecule has 2 aromatic carbocycles. The highest BCUT2D eigenvalue weighted by Crippen LogP contribution is 2.44. The van der Waals surface area contributed by atoms with Gasteiger partial charge in [0.05, 0.1) is 5.41 Å². The van der Waals surface area contributed by atoms with E-state index in [1.807, 2.05) is 36.4 Å². The van der Waals surface area contributed by atoms with Crippen LogP contribution < -0.4 is 10.6 Å². The van der Waals surface area contributed by atoms with E-state index in [1.165, 1.54) is 5.38 Å². The highest BCUT2D eigenvalue weighted by Gasteiger charge is 2.46. The molecule has 1 fully saturated rings. The maximum atomic E-state index is 12.6. The third-order valence-electron chi connectivity index (χ3n) is 7.04. The normalized spacial score (nSPS) is 20.7. The summed E-state index contributed by atoms with van der Waals surface area (Å²) in [6.45, 7) is 1.83. The highest BCUT2D eigenvalue weighted by atomic mass is 32.1. The van der Waals surface area contributed by atoms with Crippen LogP contribution in [0.4, 0.5) is 9.93 Å². The Hall–Kier alpha value is -3.72. The van der Waals surface area contributed by atoms with Gasteiger partial charge in [-0.25, -0.2) is 9.78 Å². The van der Waals surface area contributed by atoms with E-state index in [9.17, 15) is 19.5 Å². The molecule has 0 aliphatic heterocycles. The van der Waals surface area contributed by atoms with Gasteiger partial charge in [0.1, 0.15) is 12.3 Å². The minimum absolute atomic E-state index is 0.0549. The lowest BCUT2D eigenvalue weighted by molar-refractivity contribution is -0.148. The quantitative estimate of drug-likeness (QED) is 0.453. The van der Waals surface area contributed by atoms with Gasteiger partial charge in [-0.15, -0.1) is 11.3 Å². The molecule has 1 aromatic heterocycles. The van der Waals surface area contributed by atoms with Gasteiger partial charge < -0.3 is 15.2 Å². The number of hydrogen-bond acceptors (Lipinski definition) is 6. The molecule has 9 heteroatoms. The number of carboxylic acids is 1. The molecule has 35 heavy (non-hydrogen) atoms. The summed E-state index contributed by atoms with van der Waals surface area (Å²) < 4.78 is 5.53. The molecular weight excluding hydrogens is 466 g/mol. The number of carbonyl (C=O) groups excluding carboxylic acids is 2. The van der Waals surface area contributed by atoms with Crippen LogP contribution >= 0.6 is 11.3 Å². The van der Waals surface area contributed by atoms with Crippen molar-refractivity contribution in [3.63, 3.8) is 0 Å². The number of benzene rings is 2. The van der Waals surface area contributed by atoms with Crippen molar-refractivity contribution in [3.8, 4) is 11.1 Å². The van der Waals surface area contributed by atoms with Crippen molar-refractivity contribution in [1.82, 2.24) is 10.3 Å². The minimum Gasteiger partial charge on any atom is -0.481 e. The van der Waals surface area contributed by atoms with E-state index in [0.717, 1.165) is 40.0 Å². The maximum Gasteiger partial charge on any atom is 0.413 e. The largest absolute Gasteiger partial charge is 0.481 e. The van der Waals surface area contributed by atoms with Gasteiger partial charge in [0.25, 0.3) is 5.91 Å². The number of fused-ring (bicyclic) bond motifs is 3. The molecule has 0 radical (unpaired) electrons. The fourth-order valence-corrected chi connectivity index (χ4v) is 5.72. The average Bonchev–Trinajstić information content (AvgIpc) is 3.55. The van der Waals surface area contributed by atoms with Crippen molar-refractivity contribution < 1.29 is 24.2 Å². The number of anilines is 1. The Morgan fingerprint density at radius 3 is 2.43 bits per heavy atom. The second-order valence-electron chi connectivity index (χ2n) is 9.13. The summed E-state index contributed by atoms with van der Waals surface area (Å²) >= 11 is 1.11. The molecule has 1 heterocycles. The second kappa shape index (κ2) is 9.14. The van der Waals surface area contributed by atoms with Gasteiger partial charge in [-0.3, -0.25) is 14.9 Å². The van der Waals surface area contributed by atoms with Gasteiger partial charge in [0.15, 0.2) is 5.13 Å². The van der Waals surface area contributed by atoms with Crippen molar-refractivity contribution in [1.29, 1.82) is 0 Å². The van der Waals surface area contributed by atoms with Crippen molar-refractivity contribution in [2.75, 3.05) is 11.9 Å². The predicted octanol–water partition coefficient (Wildman–Crippen LogP) is 4.88. The smallest absolute Gasteiger partial charge is 0.413 e. The van der Waals surface area contributed by atoms with Gasteiger partial charge in [-0.05, 0) is 42.0 Å². The molecular formula is C26H25N3O5S. The Labute approximate surface area is 206 Å². The lowest BCUT2D eigenvalue weighted by atomic mass is 9.85. The number of carbonyl (C=O) groups is 3. The van der Waals surface area contributed by atoms with E-state index in [2.05, 4.69) is 27.8 Å². The third kappa shape index (κ3) is 4.27. The zero-order valence-electron chi connectivity index (χ0n) is 19.1. The first-order valence-electron chi connectivity index (χ1n) is 11.5. The van der Waals surface area contributed by atoms with Crippen LogP contribution in [0, 0.1) is 5.41 Å². The van der Waals surface area contributed by atoms with E-state index in [-0.39, 0.29) is 23.4 Å². The number of nitrogens with one attached hydrogen (secondary N) is 2. The summed E-state index contributed by atoms with van der Waals surface area (Å²) in [6.07, 6.45) is 1.20. The van der Waals surface area contributed by atoms with Gasteiger partial charge in [-0.1, -0.05) is 55.0 Å². The molecule has 3 N–H and O–H groups in total. The van der Waals surface area contributed by atoms with Crippen LogP contribution in [0.1, 0.15) is 53.7 Å². The van der Waals surface area contributed by atoms with Crippen LogP contribution in [-0.4, -0.2) is 40.7 Å². The fourth-order valence-electron chi connectivity index (χ4n) is 5.04. The van der Waals surface area contributed by atoms with Crippen LogP contribution in [0.15, 0.2) is 53.9 Å². The summed E-state index contributed by atoms with van der Waals surface area (Å²) in [4.78, 5) is 40.9. The molecule has 0 saturated heterocycles. The van der Waals surface area contributed by atoms with Crippen LogP contribution in [0.25, 0.3) is 11.1 Å². The molecule has 2 aliphatic carbocycles. The SMILES string of the molecule is CC1(C(=O)O)CCCC1NC(=O)c1csc(NC(=O)OCC2c3ccccc3-c3ccccc32)n1. The average molecular weight is 492 g/mol.